The first-order valence-corrected chi connectivity index (χ1v) is 9.16. The zero-order valence-electron chi connectivity index (χ0n) is 15.5. The van der Waals surface area contributed by atoms with Crippen molar-refractivity contribution in [1.82, 2.24) is 10.6 Å². The Hall–Kier alpha value is -2.58. The monoisotopic (exact) mass is 397 g/mol. The van der Waals surface area contributed by atoms with E-state index < -0.39 is 18.4 Å². The molecule has 2 aliphatic rings. The summed E-state index contributed by atoms with van der Waals surface area (Å²) < 4.78 is 40.8. The van der Waals surface area contributed by atoms with Crippen molar-refractivity contribution < 1.29 is 27.5 Å². The van der Waals surface area contributed by atoms with Crippen LogP contribution in [-0.4, -0.2) is 30.1 Å². The SMILES string of the molecule is CC(C)[C@@H](NC(=O)C1CC(=O)NC(C2CC2)=N1)c1ccc(OC(F)(F)F)cc1. The summed E-state index contributed by atoms with van der Waals surface area (Å²) in [6, 6.07) is 4.16. The number of carbonyl (C=O) groups excluding carboxylic acids is 2. The molecule has 1 aromatic carbocycles. The topological polar surface area (TPSA) is 79.8 Å². The van der Waals surface area contributed by atoms with E-state index in [1.54, 1.807) is 0 Å². The predicted octanol–water partition coefficient (Wildman–Crippen LogP) is 3.10. The Morgan fingerprint density at radius 2 is 1.89 bits per heavy atom. The molecule has 1 aliphatic carbocycles. The number of nitrogens with one attached hydrogen (secondary N) is 2. The third-order valence-corrected chi connectivity index (χ3v) is 4.65. The number of benzene rings is 1. The number of nitrogens with zero attached hydrogens (tertiary/aromatic N) is 1. The highest BCUT2D eigenvalue weighted by molar-refractivity contribution is 6.05. The van der Waals surface area contributed by atoms with E-state index in [0.717, 1.165) is 12.8 Å². The molecule has 9 heteroatoms. The van der Waals surface area contributed by atoms with E-state index >= 15 is 0 Å². The maximum atomic E-state index is 12.7. The molecule has 0 aromatic heterocycles. The Bertz CT molecular complexity index is 771. The van der Waals surface area contributed by atoms with Crippen molar-refractivity contribution in [2.24, 2.45) is 16.8 Å². The van der Waals surface area contributed by atoms with Crippen molar-refractivity contribution in [3.05, 3.63) is 29.8 Å². The van der Waals surface area contributed by atoms with Gasteiger partial charge in [-0.15, -0.1) is 13.2 Å². The standard InChI is InChI=1S/C19H22F3N3O3/c1-10(2)16(11-5-7-13(8-6-11)28-19(20,21)22)25-18(27)14-9-15(26)24-17(23-14)12-3-4-12/h5-8,10,12,14,16H,3-4,9H2,1-2H3,(H,25,27)(H,23,24,26)/t14?,16-/m1/s1. The van der Waals surface area contributed by atoms with Gasteiger partial charge in [0.05, 0.1) is 12.5 Å². The smallest absolute Gasteiger partial charge is 0.406 e. The van der Waals surface area contributed by atoms with Gasteiger partial charge in [-0.3, -0.25) is 14.6 Å². The number of amides is 2. The lowest BCUT2D eigenvalue weighted by Crippen LogP contribution is -2.46. The van der Waals surface area contributed by atoms with Crippen LogP contribution in [0.4, 0.5) is 13.2 Å². The molecule has 1 unspecified atom stereocenters. The van der Waals surface area contributed by atoms with E-state index in [1.165, 1.54) is 24.3 Å². The molecule has 1 heterocycles. The van der Waals surface area contributed by atoms with Gasteiger partial charge in [0.1, 0.15) is 17.6 Å². The van der Waals surface area contributed by atoms with E-state index in [4.69, 9.17) is 0 Å². The first-order valence-electron chi connectivity index (χ1n) is 9.16. The minimum atomic E-state index is -4.76. The molecule has 1 saturated carbocycles. The van der Waals surface area contributed by atoms with Gasteiger partial charge >= 0.3 is 6.36 Å². The molecule has 28 heavy (non-hydrogen) atoms. The third-order valence-electron chi connectivity index (χ3n) is 4.65. The number of carbonyl (C=O) groups is 2. The van der Waals surface area contributed by atoms with Crippen LogP contribution in [0.2, 0.25) is 0 Å². The fourth-order valence-electron chi connectivity index (χ4n) is 3.09. The molecular weight excluding hydrogens is 375 g/mol. The second-order valence-corrected chi connectivity index (χ2v) is 7.40. The van der Waals surface area contributed by atoms with Gasteiger partial charge in [-0.2, -0.15) is 0 Å². The first kappa shape index (κ1) is 20.2. The molecule has 0 saturated heterocycles. The van der Waals surface area contributed by atoms with E-state index in [1.807, 2.05) is 13.8 Å². The van der Waals surface area contributed by atoms with Crippen LogP contribution in [-0.2, 0) is 9.59 Å². The first-order chi connectivity index (χ1) is 13.1. The third kappa shape index (κ3) is 5.24. The van der Waals surface area contributed by atoms with E-state index in [0.29, 0.717) is 11.4 Å². The average Bonchev–Trinajstić information content (AvgIpc) is 3.43. The minimum absolute atomic E-state index is 0.0226. The number of halogens is 3. The van der Waals surface area contributed by atoms with Crippen LogP contribution in [0.15, 0.2) is 29.3 Å². The van der Waals surface area contributed by atoms with Crippen LogP contribution < -0.4 is 15.4 Å². The van der Waals surface area contributed by atoms with Crippen LogP contribution in [0.3, 0.4) is 0 Å². The minimum Gasteiger partial charge on any atom is -0.406 e. The predicted molar refractivity (Wildman–Crippen MR) is 95.6 cm³/mol. The Labute approximate surface area is 160 Å². The quantitative estimate of drug-likeness (QED) is 0.774. The summed E-state index contributed by atoms with van der Waals surface area (Å²) in [5.74, 6) is -0.155. The van der Waals surface area contributed by atoms with Crippen molar-refractivity contribution in [2.45, 2.75) is 51.6 Å². The zero-order valence-corrected chi connectivity index (χ0v) is 15.5. The van der Waals surface area contributed by atoms with Gasteiger partial charge in [0.25, 0.3) is 0 Å². The molecule has 1 aromatic rings. The molecule has 3 rings (SSSR count). The van der Waals surface area contributed by atoms with Crippen LogP contribution in [0.25, 0.3) is 0 Å². The molecule has 0 bridgehead atoms. The van der Waals surface area contributed by atoms with Crippen LogP contribution in [0, 0.1) is 11.8 Å². The Morgan fingerprint density at radius 3 is 2.43 bits per heavy atom. The summed E-state index contributed by atoms with van der Waals surface area (Å²) in [6.45, 7) is 3.77. The van der Waals surface area contributed by atoms with Crippen LogP contribution >= 0.6 is 0 Å². The second-order valence-electron chi connectivity index (χ2n) is 7.40. The Balaban J connectivity index is 1.71. The largest absolute Gasteiger partial charge is 0.573 e. The van der Waals surface area contributed by atoms with E-state index in [9.17, 15) is 22.8 Å². The molecule has 1 fully saturated rings. The van der Waals surface area contributed by atoms with E-state index in [2.05, 4.69) is 20.4 Å². The Morgan fingerprint density at radius 1 is 1.25 bits per heavy atom. The van der Waals surface area contributed by atoms with Gasteiger partial charge in [-0.1, -0.05) is 26.0 Å². The summed E-state index contributed by atoms with van der Waals surface area (Å²) in [4.78, 5) is 29.0. The van der Waals surface area contributed by atoms with Crippen molar-refractivity contribution in [3.8, 4) is 5.75 Å². The summed E-state index contributed by atoms with van der Waals surface area (Å²) in [7, 11) is 0. The number of hydrogen-bond donors (Lipinski definition) is 2. The highest BCUT2D eigenvalue weighted by Gasteiger charge is 2.36. The number of ether oxygens (including phenoxy) is 1. The van der Waals surface area contributed by atoms with Crippen LogP contribution in [0.1, 0.15) is 44.7 Å². The maximum absolute atomic E-state index is 12.7. The van der Waals surface area contributed by atoms with Gasteiger partial charge in [-0.05, 0) is 36.5 Å². The fraction of sp³-hybridized carbons (Fsp3) is 0.526. The number of hydrogen-bond acceptors (Lipinski definition) is 4. The Kier molecular flexibility index (Phi) is 5.62. The maximum Gasteiger partial charge on any atom is 0.573 e. The lowest BCUT2D eigenvalue weighted by atomic mass is 9.95. The summed E-state index contributed by atoms with van der Waals surface area (Å²) in [5, 5.41) is 5.60. The summed E-state index contributed by atoms with van der Waals surface area (Å²) in [5.41, 5.74) is 0.643. The number of rotatable bonds is 6. The second kappa shape index (κ2) is 7.81. The fourth-order valence-corrected chi connectivity index (χ4v) is 3.09. The lowest BCUT2D eigenvalue weighted by molar-refractivity contribution is -0.274. The molecule has 0 radical (unpaired) electrons. The van der Waals surface area contributed by atoms with E-state index in [-0.39, 0.29) is 35.8 Å². The van der Waals surface area contributed by atoms with Crippen molar-refractivity contribution in [3.63, 3.8) is 0 Å². The molecule has 152 valence electrons. The molecule has 1 aliphatic heterocycles. The normalized spacial score (nSPS) is 21.0. The lowest BCUT2D eigenvalue weighted by Gasteiger charge is -2.26. The summed E-state index contributed by atoms with van der Waals surface area (Å²) in [6.07, 6.45) is -2.87. The molecule has 2 N–H and O–H groups in total. The number of aliphatic imine (C=N–C) groups is 1. The molecular formula is C19H22F3N3O3. The van der Waals surface area contributed by atoms with Gasteiger partial charge in [0, 0.05) is 5.92 Å². The number of amidine groups is 1. The highest BCUT2D eigenvalue weighted by atomic mass is 19.4. The van der Waals surface area contributed by atoms with Gasteiger partial charge in [0.15, 0.2) is 0 Å². The highest BCUT2D eigenvalue weighted by Crippen LogP contribution is 2.31. The molecule has 0 spiro atoms. The molecule has 2 atom stereocenters. The van der Waals surface area contributed by atoms with Crippen molar-refractivity contribution in [2.75, 3.05) is 0 Å². The molecule has 2 amide bonds. The van der Waals surface area contributed by atoms with Gasteiger partial charge < -0.3 is 15.4 Å². The van der Waals surface area contributed by atoms with Gasteiger partial charge in [-0.25, -0.2) is 0 Å². The zero-order chi connectivity index (χ0) is 20.5. The van der Waals surface area contributed by atoms with Crippen molar-refractivity contribution >= 4 is 17.6 Å². The molecule has 6 nitrogen and oxygen atoms in total. The van der Waals surface area contributed by atoms with Gasteiger partial charge in [0.2, 0.25) is 11.8 Å². The summed E-state index contributed by atoms with van der Waals surface area (Å²) >= 11 is 0. The number of alkyl halides is 3. The average molecular weight is 397 g/mol. The van der Waals surface area contributed by atoms with Crippen molar-refractivity contribution in [1.29, 1.82) is 0 Å². The van der Waals surface area contributed by atoms with Crippen LogP contribution in [0.5, 0.6) is 5.75 Å².